The van der Waals surface area contributed by atoms with E-state index in [1.165, 1.54) is 0 Å². The Morgan fingerprint density at radius 3 is 2.89 bits per heavy atom. The molecule has 1 fully saturated rings. The molecule has 0 spiro atoms. The molecule has 3 heterocycles. The summed E-state index contributed by atoms with van der Waals surface area (Å²) in [6.07, 6.45) is 1.97. The summed E-state index contributed by atoms with van der Waals surface area (Å²) in [5, 5.41) is 9.72. The van der Waals surface area contributed by atoms with Gasteiger partial charge < -0.3 is 19.8 Å². The number of nitriles is 1. The molecular formula is C21H20BrN3O3. The van der Waals surface area contributed by atoms with E-state index >= 15 is 0 Å². The number of aromatic nitrogens is 1. The van der Waals surface area contributed by atoms with Gasteiger partial charge in [0.15, 0.2) is 0 Å². The fraction of sp³-hybridized carbons (Fsp3) is 0.333. The van der Waals surface area contributed by atoms with Crippen molar-refractivity contribution < 1.29 is 9.47 Å². The molecule has 144 valence electrons. The van der Waals surface area contributed by atoms with Crippen LogP contribution in [-0.4, -0.2) is 17.3 Å². The fourth-order valence-electron chi connectivity index (χ4n) is 3.92. The number of hydrogen-bond donors (Lipinski definition) is 1. The minimum atomic E-state index is -0.574. The molecule has 1 aromatic carbocycles. The summed E-state index contributed by atoms with van der Waals surface area (Å²) in [5.74, 6) is -0.127. The van der Waals surface area contributed by atoms with Crippen LogP contribution in [0.1, 0.15) is 35.6 Å². The largest absolute Gasteiger partial charge is 0.440 e. The molecular weight excluding hydrogens is 422 g/mol. The Kier molecular flexibility index (Phi) is 5.00. The molecule has 0 saturated carbocycles. The van der Waals surface area contributed by atoms with Crippen molar-refractivity contribution in [1.82, 2.24) is 4.57 Å². The number of rotatable bonds is 3. The van der Waals surface area contributed by atoms with Crippen LogP contribution in [0.25, 0.3) is 0 Å². The standard InChI is InChI=1S/C21H20BrN3O3/c1-12-8-17-19(21(26)25(12)11-15-6-3-7-27-15)18(16(10-23)20(24)28-17)13-4-2-5-14(22)9-13/h2,4-5,8-9,15,18H,3,6-7,11,24H2,1H3/t15-,18-/m1/s1. The van der Waals surface area contributed by atoms with E-state index in [2.05, 4.69) is 22.0 Å². The summed E-state index contributed by atoms with van der Waals surface area (Å²) in [4.78, 5) is 13.5. The average molecular weight is 442 g/mol. The molecule has 0 bridgehead atoms. The lowest BCUT2D eigenvalue weighted by atomic mass is 9.84. The smallest absolute Gasteiger partial charge is 0.258 e. The Morgan fingerprint density at radius 2 is 2.21 bits per heavy atom. The molecule has 28 heavy (non-hydrogen) atoms. The van der Waals surface area contributed by atoms with E-state index in [9.17, 15) is 10.1 Å². The molecule has 2 N–H and O–H groups in total. The van der Waals surface area contributed by atoms with Crippen molar-refractivity contribution >= 4 is 15.9 Å². The topological polar surface area (TPSA) is 90.3 Å². The highest BCUT2D eigenvalue weighted by Gasteiger charge is 2.34. The van der Waals surface area contributed by atoms with Crippen molar-refractivity contribution in [3.05, 3.63) is 73.4 Å². The molecule has 7 heteroatoms. The first-order chi connectivity index (χ1) is 13.5. The summed E-state index contributed by atoms with van der Waals surface area (Å²) in [7, 11) is 0. The first kappa shape index (κ1) is 18.8. The van der Waals surface area contributed by atoms with Crippen molar-refractivity contribution in [3.63, 3.8) is 0 Å². The molecule has 2 aliphatic rings. The van der Waals surface area contributed by atoms with E-state index in [0.29, 0.717) is 17.9 Å². The minimum Gasteiger partial charge on any atom is -0.440 e. The van der Waals surface area contributed by atoms with Gasteiger partial charge in [0.05, 0.1) is 24.1 Å². The number of nitrogens with two attached hydrogens (primary N) is 1. The van der Waals surface area contributed by atoms with Gasteiger partial charge in [-0.25, -0.2) is 0 Å². The maximum Gasteiger partial charge on any atom is 0.258 e. The van der Waals surface area contributed by atoms with Gasteiger partial charge in [-0.2, -0.15) is 5.26 Å². The van der Waals surface area contributed by atoms with E-state index in [1.807, 2.05) is 37.3 Å². The molecule has 1 aromatic heterocycles. The Morgan fingerprint density at radius 1 is 1.39 bits per heavy atom. The monoisotopic (exact) mass is 441 g/mol. The highest BCUT2D eigenvalue weighted by Crippen LogP contribution is 2.41. The molecule has 6 nitrogen and oxygen atoms in total. The lowest BCUT2D eigenvalue weighted by Crippen LogP contribution is -2.35. The van der Waals surface area contributed by atoms with Crippen LogP contribution in [0.5, 0.6) is 5.75 Å². The SMILES string of the molecule is Cc1cc2c(c(=O)n1C[C@H]1CCCO1)[C@H](c1cccc(Br)c1)C(C#N)=C(N)O2. The minimum absolute atomic E-state index is 0.0272. The number of hydrogen-bond acceptors (Lipinski definition) is 5. The van der Waals surface area contributed by atoms with E-state index in [-0.39, 0.29) is 23.1 Å². The predicted octanol–water partition coefficient (Wildman–Crippen LogP) is 3.32. The van der Waals surface area contributed by atoms with Gasteiger partial charge in [-0.1, -0.05) is 28.1 Å². The molecule has 1 saturated heterocycles. The van der Waals surface area contributed by atoms with Crippen LogP contribution in [0.15, 0.2) is 51.1 Å². The zero-order valence-corrected chi connectivity index (χ0v) is 17.0. The average Bonchev–Trinajstić information content (AvgIpc) is 3.17. The maximum absolute atomic E-state index is 13.5. The predicted molar refractivity (Wildman–Crippen MR) is 108 cm³/mol. The summed E-state index contributed by atoms with van der Waals surface area (Å²) in [6, 6.07) is 11.5. The van der Waals surface area contributed by atoms with Gasteiger partial charge in [0, 0.05) is 22.8 Å². The van der Waals surface area contributed by atoms with E-state index in [0.717, 1.165) is 35.2 Å². The molecule has 0 amide bonds. The second kappa shape index (κ2) is 7.46. The van der Waals surface area contributed by atoms with Gasteiger partial charge in [0.25, 0.3) is 5.56 Å². The lowest BCUT2D eigenvalue weighted by Gasteiger charge is -2.28. The van der Waals surface area contributed by atoms with Gasteiger partial charge in [0.1, 0.15) is 17.4 Å². The molecule has 2 atom stereocenters. The first-order valence-corrected chi connectivity index (χ1v) is 9.98. The van der Waals surface area contributed by atoms with E-state index in [4.69, 9.17) is 15.2 Å². The molecule has 0 radical (unpaired) electrons. The van der Waals surface area contributed by atoms with Crippen molar-refractivity contribution in [1.29, 1.82) is 5.26 Å². The molecule has 0 unspecified atom stereocenters. The third kappa shape index (κ3) is 3.23. The quantitative estimate of drug-likeness (QED) is 0.788. The van der Waals surface area contributed by atoms with Crippen LogP contribution in [0.2, 0.25) is 0 Å². The van der Waals surface area contributed by atoms with Gasteiger partial charge in [-0.3, -0.25) is 4.79 Å². The normalized spacial score (nSPS) is 21.2. The molecule has 2 aromatic rings. The Hall–Kier alpha value is -2.56. The highest BCUT2D eigenvalue weighted by molar-refractivity contribution is 9.10. The summed E-state index contributed by atoms with van der Waals surface area (Å²) in [6.45, 7) is 3.09. The van der Waals surface area contributed by atoms with Gasteiger partial charge in [-0.15, -0.1) is 0 Å². The molecule has 2 aliphatic heterocycles. The Balaban J connectivity index is 1.90. The fourth-order valence-corrected chi connectivity index (χ4v) is 4.34. The van der Waals surface area contributed by atoms with Crippen LogP contribution in [0, 0.1) is 18.3 Å². The highest BCUT2D eigenvalue weighted by atomic mass is 79.9. The third-order valence-electron chi connectivity index (χ3n) is 5.28. The van der Waals surface area contributed by atoms with Crippen molar-refractivity contribution in [3.8, 4) is 11.8 Å². The van der Waals surface area contributed by atoms with Crippen molar-refractivity contribution in [2.45, 2.75) is 38.3 Å². The zero-order chi connectivity index (χ0) is 19.8. The van der Waals surface area contributed by atoms with Gasteiger partial charge in [-0.05, 0) is 37.5 Å². The number of pyridine rings is 1. The number of allylic oxidation sites excluding steroid dienone is 1. The third-order valence-corrected chi connectivity index (χ3v) is 5.78. The molecule has 0 aliphatic carbocycles. The number of fused-ring (bicyclic) bond motifs is 1. The van der Waals surface area contributed by atoms with Crippen molar-refractivity contribution in [2.75, 3.05) is 6.61 Å². The van der Waals surface area contributed by atoms with Crippen LogP contribution < -0.4 is 16.0 Å². The number of halogens is 1. The first-order valence-electron chi connectivity index (χ1n) is 9.18. The van der Waals surface area contributed by atoms with Crippen LogP contribution in [0.4, 0.5) is 0 Å². The maximum atomic E-state index is 13.5. The number of aryl methyl sites for hydroxylation is 1. The summed E-state index contributed by atoms with van der Waals surface area (Å²) < 4.78 is 14.0. The van der Waals surface area contributed by atoms with E-state index < -0.39 is 5.92 Å². The molecule has 4 rings (SSSR count). The summed E-state index contributed by atoms with van der Waals surface area (Å²) in [5.41, 5.74) is 8.13. The number of nitrogens with zero attached hydrogens (tertiary/aromatic N) is 2. The van der Waals surface area contributed by atoms with Crippen LogP contribution >= 0.6 is 15.9 Å². The number of benzene rings is 1. The summed E-state index contributed by atoms with van der Waals surface area (Å²) >= 11 is 3.47. The van der Waals surface area contributed by atoms with Crippen LogP contribution in [-0.2, 0) is 11.3 Å². The Labute approximate surface area is 171 Å². The second-order valence-electron chi connectivity index (χ2n) is 7.09. The Bertz CT molecular complexity index is 1060. The van der Waals surface area contributed by atoms with Gasteiger partial charge >= 0.3 is 0 Å². The lowest BCUT2D eigenvalue weighted by molar-refractivity contribution is 0.0955. The van der Waals surface area contributed by atoms with Crippen LogP contribution in [0.3, 0.4) is 0 Å². The van der Waals surface area contributed by atoms with Gasteiger partial charge in [0.2, 0.25) is 5.88 Å². The second-order valence-corrected chi connectivity index (χ2v) is 8.01. The zero-order valence-electron chi connectivity index (χ0n) is 15.4. The van der Waals surface area contributed by atoms with Crippen molar-refractivity contribution in [2.24, 2.45) is 5.73 Å². The number of ether oxygens (including phenoxy) is 2. The van der Waals surface area contributed by atoms with E-state index in [1.54, 1.807) is 4.57 Å².